The minimum absolute atomic E-state index is 0.212. The molecule has 1 heterocycles. The van der Waals surface area contributed by atoms with E-state index in [0.29, 0.717) is 34.1 Å². The van der Waals surface area contributed by atoms with Crippen molar-refractivity contribution in [3.8, 4) is 11.5 Å². The van der Waals surface area contributed by atoms with Crippen LogP contribution in [0, 0.1) is 13.8 Å². The second-order valence-electron chi connectivity index (χ2n) is 9.79. The van der Waals surface area contributed by atoms with Gasteiger partial charge in [-0.3, -0.25) is 14.4 Å². The third-order valence-electron chi connectivity index (χ3n) is 7.01. The van der Waals surface area contributed by atoms with Crippen LogP contribution in [0.25, 0.3) is 6.08 Å². The molecule has 0 unspecified atom stereocenters. The van der Waals surface area contributed by atoms with Crippen molar-refractivity contribution in [3.63, 3.8) is 0 Å². The SMILES string of the molecule is COc1cc(C=C2C(=O)N(c3ccccc3)C(=O)N(c3ccccc3)C2=O)ccc1OCC(=O)Nc1cccc(C)c1C. The maximum absolute atomic E-state index is 13.6. The second-order valence-corrected chi connectivity index (χ2v) is 9.79. The highest BCUT2D eigenvalue weighted by molar-refractivity contribution is 6.46. The first-order chi connectivity index (χ1) is 20.8. The van der Waals surface area contributed by atoms with Crippen molar-refractivity contribution in [2.24, 2.45) is 0 Å². The number of methoxy groups -OCH3 is 1. The molecular formula is C34H29N3O6. The number of hydrogen-bond acceptors (Lipinski definition) is 6. The Bertz CT molecular complexity index is 1670. The number of carbonyl (C=O) groups excluding carboxylic acids is 4. The maximum Gasteiger partial charge on any atom is 0.343 e. The molecule has 5 rings (SSSR count). The molecular weight excluding hydrogens is 546 g/mol. The number of benzene rings is 4. The van der Waals surface area contributed by atoms with Crippen molar-refractivity contribution in [3.05, 3.63) is 119 Å². The molecule has 0 atom stereocenters. The number of imide groups is 2. The fraction of sp³-hybridized carbons (Fsp3) is 0.118. The predicted octanol–water partition coefficient (Wildman–Crippen LogP) is 5.91. The van der Waals surface area contributed by atoms with Crippen LogP contribution in [0.2, 0.25) is 0 Å². The Balaban J connectivity index is 1.42. The summed E-state index contributed by atoms with van der Waals surface area (Å²) >= 11 is 0. The van der Waals surface area contributed by atoms with E-state index in [2.05, 4.69) is 5.32 Å². The van der Waals surface area contributed by atoms with E-state index < -0.39 is 17.8 Å². The first-order valence-electron chi connectivity index (χ1n) is 13.5. The van der Waals surface area contributed by atoms with Crippen molar-refractivity contribution < 1.29 is 28.7 Å². The highest BCUT2D eigenvalue weighted by Gasteiger charge is 2.43. The van der Waals surface area contributed by atoms with Crippen LogP contribution in [0.4, 0.5) is 21.9 Å². The lowest BCUT2D eigenvalue weighted by molar-refractivity contribution is -0.121. The number of hydrogen-bond donors (Lipinski definition) is 1. The summed E-state index contributed by atoms with van der Waals surface area (Å²) < 4.78 is 11.2. The quantitative estimate of drug-likeness (QED) is 0.207. The predicted molar refractivity (Wildman–Crippen MR) is 164 cm³/mol. The molecule has 0 spiro atoms. The van der Waals surface area contributed by atoms with Crippen LogP contribution >= 0.6 is 0 Å². The number of aryl methyl sites for hydroxylation is 1. The van der Waals surface area contributed by atoms with Gasteiger partial charge in [-0.05, 0) is 79.1 Å². The molecule has 5 amide bonds. The second kappa shape index (κ2) is 12.4. The van der Waals surface area contributed by atoms with Crippen molar-refractivity contribution in [2.45, 2.75) is 13.8 Å². The first kappa shape index (κ1) is 28.8. The molecule has 1 fully saturated rings. The van der Waals surface area contributed by atoms with Crippen LogP contribution in [-0.4, -0.2) is 37.5 Å². The lowest BCUT2D eigenvalue weighted by Crippen LogP contribution is -2.57. The van der Waals surface area contributed by atoms with E-state index in [-0.39, 0.29) is 18.1 Å². The van der Waals surface area contributed by atoms with Gasteiger partial charge in [0.05, 0.1) is 18.5 Å². The van der Waals surface area contributed by atoms with Gasteiger partial charge in [0.2, 0.25) is 0 Å². The monoisotopic (exact) mass is 575 g/mol. The van der Waals surface area contributed by atoms with Crippen LogP contribution < -0.4 is 24.6 Å². The van der Waals surface area contributed by atoms with Gasteiger partial charge in [0.25, 0.3) is 17.7 Å². The standard InChI is InChI=1S/C34H29N3O6/c1-22-11-10-16-28(23(22)2)35-31(38)21-43-29-18-17-24(20-30(29)42-3)19-27-32(39)36(25-12-6-4-7-13-25)34(41)37(33(27)40)26-14-8-5-9-15-26/h4-20H,21H2,1-3H3,(H,35,38). The number of ether oxygens (including phenoxy) is 2. The number of para-hydroxylation sites is 2. The Morgan fingerprint density at radius 2 is 1.37 bits per heavy atom. The zero-order valence-corrected chi connectivity index (χ0v) is 23.9. The summed E-state index contributed by atoms with van der Waals surface area (Å²) in [5.41, 5.74) is 3.64. The van der Waals surface area contributed by atoms with E-state index in [1.807, 2.05) is 32.0 Å². The zero-order chi connectivity index (χ0) is 30.5. The molecule has 43 heavy (non-hydrogen) atoms. The van der Waals surface area contributed by atoms with Gasteiger partial charge >= 0.3 is 6.03 Å². The third-order valence-corrected chi connectivity index (χ3v) is 7.01. The Kier molecular flexibility index (Phi) is 8.34. The van der Waals surface area contributed by atoms with Crippen LogP contribution in [0.1, 0.15) is 16.7 Å². The molecule has 0 bridgehead atoms. The number of carbonyl (C=O) groups is 4. The Hall–Kier alpha value is -5.70. The molecule has 1 aliphatic rings. The topological polar surface area (TPSA) is 105 Å². The van der Waals surface area contributed by atoms with E-state index in [4.69, 9.17) is 9.47 Å². The molecule has 216 valence electrons. The molecule has 0 aliphatic carbocycles. The van der Waals surface area contributed by atoms with Gasteiger partial charge in [0.15, 0.2) is 18.1 Å². The summed E-state index contributed by atoms with van der Waals surface area (Å²) in [5, 5.41) is 2.85. The maximum atomic E-state index is 13.6. The Morgan fingerprint density at radius 3 is 1.95 bits per heavy atom. The van der Waals surface area contributed by atoms with Crippen molar-refractivity contribution in [1.82, 2.24) is 0 Å². The van der Waals surface area contributed by atoms with Crippen LogP contribution in [0.15, 0.2) is 103 Å². The van der Waals surface area contributed by atoms with Crippen molar-refractivity contribution in [2.75, 3.05) is 28.8 Å². The molecule has 1 aliphatic heterocycles. The van der Waals surface area contributed by atoms with E-state index in [1.165, 1.54) is 13.2 Å². The minimum Gasteiger partial charge on any atom is -0.493 e. The molecule has 4 aromatic carbocycles. The van der Waals surface area contributed by atoms with E-state index in [1.54, 1.807) is 78.9 Å². The molecule has 9 heteroatoms. The summed E-state index contributed by atoms with van der Waals surface area (Å²) in [5.74, 6) is -1.26. The molecule has 0 radical (unpaired) electrons. The summed E-state index contributed by atoms with van der Waals surface area (Å²) in [7, 11) is 1.44. The van der Waals surface area contributed by atoms with Gasteiger partial charge in [-0.1, -0.05) is 54.6 Å². The summed E-state index contributed by atoms with van der Waals surface area (Å²) in [6.07, 6.45) is 1.41. The molecule has 9 nitrogen and oxygen atoms in total. The van der Waals surface area contributed by atoms with Gasteiger partial charge in [-0.15, -0.1) is 0 Å². The average molecular weight is 576 g/mol. The van der Waals surface area contributed by atoms with E-state index in [9.17, 15) is 19.2 Å². The van der Waals surface area contributed by atoms with E-state index >= 15 is 0 Å². The number of amides is 5. The average Bonchev–Trinajstić information content (AvgIpc) is 3.02. The number of rotatable bonds is 8. The molecule has 1 N–H and O–H groups in total. The van der Waals surface area contributed by atoms with Gasteiger partial charge in [-0.2, -0.15) is 0 Å². The zero-order valence-electron chi connectivity index (χ0n) is 23.9. The molecule has 1 saturated heterocycles. The molecule has 4 aromatic rings. The van der Waals surface area contributed by atoms with Crippen molar-refractivity contribution >= 4 is 46.9 Å². The highest BCUT2D eigenvalue weighted by Crippen LogP contribution is 2.32. The van der Waals surface area contributed by atoms with Gasteiger partial charge in [-0.25, -0.2) is 14.6 Å². The van der Waals surface area contributed by atoms with E-state index in [0.717, 1.165) is 20.9 Å². The summed E-state index contributed by atoms with van der Waals surface area (Å²) in [6.45, 7) is 3.63. The fourth-order valence-corrected chi connectivity index (χ4v) is 4.62. The van der Waals surface area contributed by atoms with Gasteiger partial charge < -0.3 is 14.8 Å². The van der Waals surface area contributed by atoms with Crippen molar-refractivity contribution in [1.29, 1.82) is 0 Å². The number of anilines is 3. The fourth-order valence-electron chi connectivity index (χ4n) is 4.62. The molecule has 0 saturated carbocycles. The lowest BCUT2D eigenvalue weighted by atomic mass is 10.0. The summed E-state index contributed by atoms with van der Waals surface area (Å²) in [6, 6.07) is 26.5. The van der Waals surface area contributed by atoms with Crippen LogP contribution in [-0.2, 0) is 14.4 Å². The first-order valence-corrected chi connectivity index (χ1v) is 13.5. The Labute approximate surface area is 248 Å². The smallest absolute Gasteiger partial charge is 0.343 e. The molecule has 0 aromatic heterocycles. The number of nitrogens with one attached hydrogen (secondary N) is 1. The van der Waals surface area contributed by atoms with Gasteiger partial charge in [0.1, 0.15) is 5.57 Å². The van der Waals surface area contributed by atoms with Crippen LogP contribution in [0.3, 0.4) is 0 Å². The highest BCUT2D eigenvalue weighted by atomic mass is 16.5. The van der Waals surface area contributed by atoms with Crippen LogP contribution in [0.5, 0.6) is 11.5 Å². The normalized spacial score (nSPS) is 13.2. The number of urea groups is 1. The Morgan fingerprint density at radius 1 is 0.767 bits per heavy atom. The third kappa shape index (κ3) is 6.01. The number of nitrogens with zero attached hydrogens (tertiary/aromatic N) is 2. The largest absolute Gasteiger partial charge is 0.493 e. The minimum atomic E-state index is -0.773. The van der Waals surface area contributed by atoms with Gasteiger partial charge in [0, 0.05) is 5.69 Å². The number of barbiturate groups is 1. The lowest BCUT2D eigenvalue weighted by Gasteiger charge is -2.33. The summed E-state index contributed by atoms with van der Waals surface area (Å²) in [4.78, 5) is 55.2.